The number of aromatic nitrogens is 1. The molecule has 1 heterocycles. The first kappa shape index (κ1) is 39.1. The summed E-state index contributed by atoms with van der Waals surface area (Å²) in [6.07, 6.45) is 2.94. The van der Waals surface area contributed by atoms with Gasteiger partial charge in [0.15, 0.2) is 0 Å². The van der Waals surface area contributed by atoms with Gasteiger partial charge in [0.1, 0.15) is 11.2 Å². The zero-order valence-electron chi connectivity index (χ0n) is 28.4. The number of pyridine rings is 1. The van der Waals surface area contributed by atoms with Crippen LogP contribution in [0.3, 0.4) is 0 Å². The van der Waals surface area contributed by atoms with Crippen LogP contribution in [0.1, 0.15) is 97.9 Å². The number of aliphatic hydroxyl groups is 1. The van der Waals surface area contributed by atoms with Crippen LogP contribution < -0.4 is 20.7 Å². The monoisotopic (exact) mass is 622 g/mol. The lowest BCUT2D eigenvalue weighted by Crippen LogP contribution is -2.49. The summed E-state index contributed by atoms with van der Waals surface area (Å²) in [5.41, 5.74) is -0.401. The molecule has 0 aromatic carbocycles. The zero-order chi connectivity index (χ0) is 33.3. The van der Waals surface area contributed by atoms with Gasteiger partial charge in [-0.3, -0.25) is 9.59 Å². The predicted molar refractivity (Wildman–Crippen MR) is 172 cm³/mol. The third kappa shape index (κ3) is 15.2. The topological polar surface area (TPSA) is 148 Å². The van der Waals surface area contributed by atoms with Crippen molar-refractivity contribution in [3.05, 3.63) is 23.9 Å². The van der Waals surface area contributed by atoms with Gasteiger partial charge in [0, 0.05) is 45.3 Å². The molecule has 0 unspecified atom stereocenters. The van der Waals surface area contributed by atoms with Crippen LogP contribution in [-0.2, 0) is 14.3 Å². The van der Waals surface area contributed by atoms with Crippen molar-refractivity contribution in [2.24, 2.45) is 23.7 Å². The maximum absolute atomic E-state index is 13.2. The summed E-state index contributed by atoms with van der Waals surface area (Å²) in [7, 11) is 1.62. The second-order valence-corrected chi connectivity index (χ2v) is 13.1. The van der Waals surface area contributed by atoms with Crippen molar-refractivity contribution >= 4 is 17.9 Å². The highest BCUT2D eigenvalue weighted by Crippen LogP contribution is 2.25. The minimum absolute atomic E-state index is 0.0148. The molecule has 0 aliphatic rings. The third-order valence-corrected chi connectivity index (χ3v) is 7.40. The average Bonchev–Trinajstić information content (AvgIpc) is 2.94. The second kappa shape index (κ2) is 20.2. The summed E-state index contributed by atoms with van der Waals surface area (Å²) in [4.78, 5) is 43.3. The largest absolute Gasteiger partial charge is 0.477 e. The van der Waals surface area contributed by atoms with Gasteiger partial charge in [0.05, 0.1) is 18.8 Å². The molecule has 4 N–H and O–H groups in total. The molecule has 0 spiro atoms. The van der Waals surface area contributed by atoms with Crippen molar-refractivity contribution in [2.45, 2.75) is 105 Å². The molecule has 0 aliphatic heterocycles. The number of nitrogens with one attached hydrogen (secondary N) is 3. The number of unbranched alkanes of at least 4 members (excludes halogenated alkanes) is 1. The number of hydrogen-bond donors (Lipinski definition) is 4. The van der Waals surface area contributed by atoms with Crippen LogP contribution in [0.25, 0.3) is 0 Å². The summed E-state index contributed by atoms with van der Waals surface area (Å²) in [5.74, 6) is -0.651. The van der Waals surface area contributed by atoms with Gasteiger partial charge >= 0.3 is 6.09 Å². The van der Waals surface area contributed by atoms with Crippen molar-refractivity contribution in [3.8, 4) is 5.88 Å². The quantitative estimate of drug-likeness (QED) is 0.153. The number of methoxy groups -OCH3 is 1. The Morgan fingerprint density at radius 3 is 2.30 bits per heavy atom. The lowest BCUT2D eigenvalue weighted by Gasteiger charge is -2.33. The van der Waals surface area contributed by atoms with E-state index in [1.54, 1.807) is 46.2 Å². The fourth-order valence-electron chi connectivity index (χ4n) is 4.68. The number of hydrogen-bond acceptors (Lipinski definition) is 8. The fourth-order valence-corrected chi connectivity index (χ4v) is 4.68. The van der Waals surface area contributed by atoms with E-state index in [9.17, 15) is 19.5 Å². The molecule has 3 amide bonds. The van der Waals surface area contributed by atoms with E-state index in [2.05, 4.69) is 27.9 Å². The number of nitrogens with zero attached hydrogens (tertiary/aromatic N) is 1. The molecule has 0 saturated carbocycles. The highest BCUT2D eigenvalue weighted by atomic mass is 16.6. The van der Waals surface area contributed by atoms with E-state index in [-0.39, 0.29) is 41.9 Å². The molecule has 11 nitrogen and oxygen atoms in total. The molecule has 44 heavy (non-hydrogen) atoms. The number of amides is 3. The van der Waals surface area contributed by atoms with E-state index >= 15 is 0 Å². The Hall–Kier alpha value is -2.92. The van der Waals surface area contributed by atoms with Crippen molar-refractivity contribution in [3.63, 3.8) is 0 Å². The molecule has 1 rings (SSSR count). The normalized spacial score (nSPS) is 14.5. The zero-order valence-corrected chi connectivity index (χ0v) is 28.4. The molecular weight excluding hydrogens is 564 g/mol. The first-order valence-corrected chi connectivity index (χ1v) is 16.0. The first-order chi connectivity index (χ1) is 20.7. The summed E-state index contributed by atoms with van der Waals surface area (Å²) in [5, 5.41) is 20.3. The molecule has 0 radical (unpaired) electrons. The Bertz CT molecular complexity index is 997. The summed E-state index contributed by atoms with van der Waals surface area (Å²) < 4.78 is 16.3. The standard InChI is InChI=1S/C33H58N4O7/c1-10-11-15-34-30(40)26(23(4)5)20-28(38)27(37-32(41)44-33(6,7)8)19-24(22(2)3)21-36-29(39)25-14-12-16-35-31(25)43-18-13-17-42-9/h12,14,16,22-24,26-28,38H,10-11,13,15,17-21H2,1-9H3,(H,34,40)(H,36,39)(H,37,41)/t24-,26+,27+,28+/m1/s1. The summed E-state index contributed by atoms with van der Waals surface area (Å²) >= 11 is 0. The molecule has 1 aromatic rings. The molecule has 0 fully saturated rings. The SMILES string of the molecule is CCCCNC(=O)[C@@H](C[C@H](O)[C@H](C[C@H](CNC(=O)c1cccnc1OCCCOC)C(C)C)NC(=O)OC(C)(C)C)C(C)C. The first-order valence-electron chi connectivity index (χ1n) is 16.0. The summed E-state index contributed by atoms with van der Waals surface area (Å²) in [6, 6.07) is 2.63. The Labute approximate surface area is 264 Å². The van der Waals surface area contributed by atoms with Crippen molar-refractivity contribution in [1.82, 2.24) is 20.9 Å². The molecule has 1 aromatic heterocycles. The van der Waals surface area contributed by atoms with Crippen LogP contribution in [0.4, 0.5) is 4.79 Å². The van der Waals surface area contributed by atoms with E-state index in [1.165, 1.54) is 0 Å². The van der Waals surface area contributed by atoms with E-state index in [4.69, 9.17) is 14.2 Å². The molecule has 4 atom stereocenters. The molecule has 252 valence electrons. The van der Waals surface area contributed by atoms with E-state index in [0.717, 1.165) is 12.8 Å². The van der Waals surface area contributed by atoms with Crippen LogP contribution in [0.15, 0.2) is 18.3 Å². The van der Waals surface area contributed by atoms with Crippen molar-refractivity contribution < 1.29 is 33.7 Å². The van der Waals surface area contributed by atoms with Crippen molar-refractivity contribution in [1.29, 1.82) is 0 Å². The number of alkyl carbamates (subject to hydrolysis) is 1. The maximum atomic E-state index is 13.2. The van der Waals surface area contributed by atoms with Crippen LogP contribution in [0.2, 0.25) is 0 Å². The third-order valence-electron chi connectivity index (χ3n) is 7.40. The van der Waals surface area contributed by atoms with Gasteiger partial charge in [-0.05, 0) is 69.9 Å². The second-order valence-electron chi connectivity index (χ2n) is 13.1. The molecule has 11 heteroatoms. The number of aliphatic hydroxyl groups excluding tert-OH is 1. The lowest BCUT2D eigenvalue weighted by molar-refractivity contribution is -0.127. The maximum Gasteiger partial charge on any atom is 0.407 e. The van der Waals surface area contributed by atoms with E-state index in [0.29, 0.717) is 44.7 Å². The van der Waals surface area contributed by atoms with Crippen LogP contribution in [0.5, 0.6) is 5.88 Å². The predicted octanol–water partition coefficient (Wildman–Crippen LogP) is 4.72. The van der Waals surface area contributed by atoms with Crippen molar-refractivity contribution in [2.75, 3.05) is 33.4 Å². The average molecular weight is 623 g/mol. The van der Waals surface area contributed by atoms with E-state index in [1.807, 2.05) is 27.7 Å². The molecule has 0 aliphatic carbocycles. The van der Waals surface area contributed by atoms with Gasteiger partial charge in [0.25, 0.3) is 5.91 Å². The number of carbonyl (C=O) groups is 3. The van der Waals surface area contributed by atoms with Gasteiger partial charge in [0.2, 0.25) is 11.8 Å². The fraction of sp³-hybridized carbons (Fsp3) is 0.758. The summed E-state index contributed by atoms with van der Waals surface area (Å²) in [6.45, 7) is 17.1. The van der Waals surface area contributed by atoms with Gasteiger partial charge in [-0.1, -0.05) is 41.0 Å². The number of rotatable bonds is 20. The number of ether oxygens (including phenoxy) is 3. The minimum atomic E-state index is -1.02. The molecular formula is C33H58N4O7. The highest BCUT2D eigenvalue weighted by Gasteiger charge is 2.33. The Morgan fingerprint density at radius 1 is 1.00 bits per heavy atom. The van der Waals surface area contributed by atoms with Gasteiger partial charge in [-0.15, -0.1) is 0 Å². The minimum Gasteiger partial charge on any atom is -0.477 e. The lowest BCUT2D eigenvalue weighted by atomic mass is 9.82. The van der Waals surface area contributed by atoms with Gasteiger partial charge in [-0.2, -0.15) is 0 Å². The van der Waals surface area contributed by atoms with E-state index < -0.39 is 29.8 Å². The Balaban J connectivity index is 3.09. The molecule has 0 saturated heterocycles. The Kier molecular flexibility index (Phi) is 17.9. The van der Waals surface area contributed by atoms with Crippen LogP contribution in [0, 0.1) is 23.7 Å². The van der Waals surface area contributed by atoms with Gasteiger partial charge < -0.3 is 35.3 Å². The molecule has 0 bridgehead atoms. The van der Waals surface area contributed by atoms with Gasteiger partial charge in [-0.25, -0.2) is 9.78 Å². The van der Waals surface area contributed by atoms with Crippen LogP contribution in [-0.4, -0.2) is 79.2 Å². The smallest absolute Gasteiger partial charge is 0.407 e. The number of carbonyl (C=O) groups excluding carboxylic acids is 3. The van der Waals surface area contributed by atoms with Crippen LogP contribution >= 0.6 is 0 Å². The highest BCUT2D eigenvalue weighted by molar-refractivity contribution is 5.96. The Morgan fingerprint density at radius 2 is 1.70 bits per heavy atom.